The van der Waals surface area contributed by atoms with Crippen molar-refractivity contribution < 1.29 is 4.79 Å². The molecule has 1 saturated heterocycles. The first kappa shape index (κ1) is 8.76. The van der Waals surface area contributed by atoms with E-state index in [0.29, 0.717) is 5.92 Å². The topological polar surface area (TPSA) is 29.1 Å². The zero-order chi connectivity index (χ0) is 5.98. The Bertz CT molecular complexity index is 95.2. The van der Waals surface area contributed by atoms with E-state index in [1.54, 1.807) is 0 Å². The Morgan fingerprint density at radius 1 is 1.67 bits per heavy atom. The molecule has 1 aliphatic heterocycles. The molecule has 1 aliphatic rings. The molecule has 1 amide bonds. The molecule has 0 spiro atoms. The zero-order valence-electron chi connectivity index (χ0n) is 5.52. The minimum absolute atomic E-state index is 0. The second kappa shape index (κ2) is 3.72. The average molecular weight is 150 g/mol. The summed E-state index contributed by atoms with van der Waals surface area (Å²) in [4.78, 5) is 10.5. The Hall–Kier alpha value is -0.240. The van der Waals surface area contributed by atoms with E-state index in [4.69, 9.17) is 0 Å². The van der Waals surface area contributed by atoms with Gasteiger partial charge in [-0.1, -0.05) is 6.92 Å². The standard InChI is InChI=1S/C6H11NO.ClH/c1-5-2-3-6(8)7-4-5;/h5H,2-4H2,1H3,(H,7,8);1H/t5-;/m1./s1. The minimum Gasteiger partial charge on any atom is -0.356 e. The second-order valence-corrected chi connectivity index (χ2v) is 2.45. The maximum absolute atomic E-state index is 10.5. The van der Waals surface area contributed by atoms with Gasteiger partial charge in [-0.15, -0.1) is 12.4 Å². The summed E-state index contributed by atoms with van der Waals surface area (Å²) in [5.41, 5.74) is 0. The van der Waals surface area contributed by atoms with Crippen LogP contribution in [0.15, 0.2) is 0 Å². The first-order valence-corrected chi connectivity index (χ1v) is 3.06. The molecule has 1 heterocycles. The number of nitrogens with one attached hydrogen (secondary N) is 1. The van der Waals surface area contributed by atoms with Crippen LogP contribution < -0.4 is 5.32 Å². The molecule has 0 radical (unpaired) electrons. The number of rotatable bonds is 0. The molecule has 0 aromatic heterocycles. The molecule has 1 N–H and O–H groups in total. The van der Waals surface area contributed by atoms with Gasteiger partial charge >= 0.3 is 0 Å². The molecule has 2 nitrogen and oxygen atoms in total. The summed E-state index contributed by atoms with van der Waals surface area (Å²) in [5, 5.41) is 2.79. The lowest BCUT2D eigenvalue weighted by Gasteiger charge is -2.17. The van der Waals surface area contributed by atoms with Crippen LogP contribution in [0.4, 0.5) is 0 Å². The van der Waals surface area contributed by atoms with Crippen molar-refractivity contribution in [1.82, 2.24) is 5.32 Å². The highest BCUT2D eigenvalue weighted by Gasteiger charge is 2.12. The third-order valence-electron chi connectivity index (χ3n) is 1.51. The third kappa shape index (κ3) is 2.70. The molecule has 1 atom stereocenters. The molecule has 1 rings (SSSR count). The smallest absolute Gasteiger partial charge is 0.220 e. The van der Waals surface area contributed by atoms with Crippen LogP contribution in [0.1, 0.15) is 19.8 Å². The van der Waals surface area contributed by atoms with E-state index in [1.807, 2.05) is 0 Å². The van der Waals surface area contributed by atoms with Crippen molar-refractivity contribution in [2.24, 2.45) is 5.92 Å². The Morgan fingerprint density at radius 2 is 2.33 bits per heavy atom. The van der Waals surface area contributed by atoms with Gasteiger partial charge in [0, 0.05) is 13.0 Å². The second-order valence-electron chi connectivity index (χ2n) is 2.45. The fraction of sp³-hybridized carbons (Fsp3) is 0.833. The fourth-order valence-corrected chi connectivity index (χ4v) is 0.856. The van der Waals surface area contributed by atoms with E-state index in [-0.39, 0.29) is 18.3 Å². The van der Waals surface area contributed by atoms with Gasteiger partial charge in [0.15, 0.2) is 0 Å². The molecule has 0 bridgehead atoms. The SMILES string of the molecule is C[C@@H]1CCC(=O)NC1.Cl. The Morgan fingerprint density at radius 3 is 2.67 bits per heavy atom. The van der Waals surface area contributed by atoms with Crippen molar-refractivity contribution >= 4 is 18.3 Å². The van der Waals surface area contributed by atoms with Gasteiger partial charge in [-0.05, 0) is 12.3 Å². The molecule has 0 saturated carbocycles. The number of hydrogen-bond acceptors (Lipinski definition) is 1. The predicted octanol–water partition coefficient (Wildman–Crippen LogP) is 0.954. The van der Waals surface area contributed by atoms with E-state index in [9.17, 15) is 4.79 Å². The number of piperidine rings is 1. The zero-order valence-corrected chi connectivity index (χ0v) is 6.33. The van der Waals surface area contributed by atoms with Crippen molar-refractivity contribution in [3.05, 3.63) is 0 Å². The first-order chi connectivity index (χ1) is 3.79. The monoisotopic (exact) mass is 149 g/mol. The lowest BCUT2D eigenvalue weighted by atomic mass is 10.0. The summed E-state index contributed by atoms with van der Waals surface area (Å²) in [5.74, 6) is 0.899. The molecule has 54 valence electrons. The van der Waals surface area contributed by atoms with E-state index < -0.39 is 0 Å². The van der Waals surface area contributed by atoms with E-state index in [1.165, 1.54) is 0 Å². The molecular weight excluding hydrogens is 138 g/mol. The van der Waals surface area contributed by atoms with Crippen molar-refractivity contribution in [1.29, 1.82) is 0 Å². The normalized spacial score (nSPS) is 26.3. The number of carbonyl (C=O) groups excluding carboxylic acids is 1. The van der Waals surface area contributed by atoms with Crippen LogP contribution in [0.2, 0.25) is 0 Å². The molecule has 9 heavy (non-hydrogen) atoms. The summed E-state index contributed by atoms with van der Waals surface area (Å²) in [6, 6.07) is 0. The van der Waals surface area contributed by atoms with Gasteiger partial charge in [-0.3, -0.25) is 4.79 Å². The summed E-state index contributed by atoms with van der Waals surface area (Å²) >= 11 is 0. The van der Waals surface area contributed by atoms with Crippen molar-refractivity contribution in [3.63, 3.8) is 0 Å². The van der Waals surface area contributed by atoms with Crippen LogP contribution >= 0.6 is 12.4 Å². The van der Waals surface area contributed by atoms with Gasteiger partial charge in [0.2, 0.25) is 5.91 Å². The van der Waals surface area contributed by atoms with Gasteiger partial charge in [0.05, 0.1) is 0 Å². The highest BCUT2D eigenvalue weighted by atomic mass is 35.5. The molecule has 0 aromatic rings. The quantitative estimate of drug-likeness (QED) is 0.546. The lowest BCUT2D eigenvalue weighted by molar-refractivity contribution is -0.122. The molecule has 1 fully saturated rings. The van der Waals surface area contributed by atoms with Gasteiger partial charge in [0.25, 0.3) is 0 Å². The maximum atomic E-state index is 10.5. The largest absolute Gasteiger partial charge is 0.356 e. The Labute approximate surface area is 61.4 Å². The first-order valence-electron chi connectivity index (χ1n) is 3.06. The van der Waals surface area contributed by atoms with Gasteiger partial charge < -0.3 is 5.32 Å². The van der Waals surface area contributed by atoms with Crippen molar-refractivity contribution in [2.45, 2.75) is 19.8 Å². The van der Waals surface area contributed by atoms with Crippen molar-refractivity contribution in [2.75, 3.05) is 6.54 Å². The Balaban J connectivity index is 0.000000640. The van der Waals surface area contributed by atoms with Gasteiger partial charge in [-0.25, -0.2) is 0 Å². The molecular formula is C6H12ClNO. The van der Waals surface area contributed by atoms with Gasteiger partial charge in [-0.2, -0.15) is 0 Å². The van der Waals surface area contributed by atoms with E-state index in [0.717, 1.165) is 19.4 Å². The number of amides is 1. The van der Waals surface area contributed by atoms with Crippen LogP contribution in [0.3, 0.4) is 0 Å². The van der Waals surface area contributed by atoms with Crippen molar-refractivity contribution in [3.8, 4) is 0 Å². The predicted molar refractivity (Wildman–Crippen MR) is 38.7 cm³/mol. The van der Waals surface area contributed by atoms with Crippen LogP contribution in [0.25, 0.3) is 0 Å². The molecule has 0 unspecified atom stereocenters. The van der Waals surface area contributed by atoms with Crippen LogP contribution in [0, 0.1) is 5.92 Å². The number of halogens is 1. The summed E-state index contributed by atoms with van der Waals surface area (Å²) < 4.78 is 0. The number of hydrogen-bond donors (Lipinski definition) is 1. The average Bonchev–Trinajstić information content (AvgIpc) is 1.77. The fourth-order valence-electron chi connectivity index (χ4n) is 0.856. The maximum Gasteiger partial charge on any atom is 0.220 e. The number of carbonyl (C=O) groups is 1. The highest BCUT2D eigenvalue weighted by Crippen LogP contribution is 2.07. The summed E-state index contributed by atoms with van der Waals surface area (Å²) in [6.45, 7) is 3.03. The molecule has 0 aromatic carbocycles. The van der Waals surface area contributed by atoms with E-state index >= 15 is 0 Å². The minimum atomic E-state index is 0. The molecule has 3 heteroatoms. The van der Waals surface area contributed by atoms with Crippen LogP contribution in [0.5, 0.6) is 0 Å². The highest BCUT2D eigenvalue weighted by molar-refractivity contribution is 5.85. The Kier molecular flexibility index (Phi) is 3.62. The van der Waals surface area contributed by atoms with Crippen LogP contribution in [-0.2, 0) is 4.79 Å². The molecule has 0 aliphatic carbocycles. The van der Waals surface area contributed by atoms with E-state index in [2.05, 4.69) is 12.2 Å². The summed E-state index contributed by atoms with van der Waals surface area (Å²) in [7, 11) is 0. The van der Waals surface area contributed by atoms with Crippen LogP contribution in [-0.4, -0.2) is 12.5 Å². The van der Waals surface area contributed by atoms with Gasteiger partial charge in [0.1, 0.15) is 0 Å². The summed E-state index contributed by atoms with van der Waals surface area (Å²) in [6.07, 6.45) is 1.78. The lowest BCUT2D eigenvalue weighted by Crippen LogP contribution is -2.33. The third-order valence-corrected chi connectivity index (χ3v) is 1.51.